The first kappa shape index (κ1) is 11.1. The van der Waals surface area contributed by atoms with Crippen molar-refractivity contribution in [2.45, 2.75) is 11.8 Å². The number of oxazole rings is 1. The first-order valence-electron chi connectivity index (χ1n) is 4.74. The van der Waals surface area contributed by atoms with Crippen LogP contribution >= 0.6 is 0 Å². The Kier molecular flexibility index (Phi) is 2.69. The number of benzene rings is 1. The summed E-state index contributed by atoms with van der Waals surface area (Å²) in [6.07, 6.45) is 0. The Morgan fingerprint density at radius 2 is 2.19 bits per heavy atom. The van der Waals surface area contributed by atoms with Crippen molar-refractivity contribution < 1.29 is 17.9 Å². The third-order valence-electron chi connectivity index (χ3n) is 2.19. The first-order valence-corrected chi connectivity index (χ1v) is 6.39. The molecule has 6 heteroatoms. The second-order valence-corrected chi connectivity index (χ2v) is 5.51. The fraction of sp³-hybridized carbons (Fsp3) is 0.300. The molecule has 0 radical (unpaired) electrons. The van der Waals surface area contributed by atoms with Gasteiger partial charge in [-0.05, 0) is 18.2 Å². The molecule has 0 atom stereocenters. The number of fused-ring (bicyclic) bond motifs is 1. The maximum Gasteiger partial charge on any atom is 0.192 e. The zero-order chi connectivity index (χ0) is 11.8. The minimum Gasteiger partial charge on any atom is -0.441 e. The summed E-state index contributed by atoms with van der Waals surface area (Å²) in [5.74, 6) is 0.210. The Labute approximate surface area is 92.6 Å². The van der Waals surface area contributed by atoms with E-state index in [9.17, 15) is 8.42 Å². The fourth-order valence-electron chi connectivity index (χ4n) is 1.45. The minimum absolute atomic E-state index is 0.155. The Morgan fingerprint density at radius 3 is 2.88 bits per heavy atom. The molecule has 0 aliphatic carbocycles. The normalized spacial score (nSPS) is 12.1. The summed E-state index contributed by atoms with van der Waals surface area (Å²) < 4.78 is 28.6. The molecule has 0 bridgehead atoms. The van der Waals surface area contributed by atoms with Crippen LogP contribution in [0.25, 0.3) is 11.1 Å². The Morgan fingerprint density at radius 1 is 1.44 bits per heavy atom. The van der Waals surface area contributed by atoms with Gasteiger partial charge in [-0.2, -0.15) is 0 Å². The lowest BCUT2D eigenvalue weighted by atomic mass is 10.3. The van der Waals surface area contributed by atoms with Gasteiger partial charge in [0.1, 0.15) is 5.52 Å². The predicted octanol–water partition coefficient (Wildman–Crippen LogP) is 0.902. The van der Waals surface area contributed by atoms with E-state index in [1.54, 1.807) is 13.0 Å². The molecule has 0 amide bonds. The highest BCUT2D eigenvalue weighted by Crippen LogP contribution is 2.20. The highest BCUT2D eigenvalue weighted by atomic mass is 32.2. The number of aryl methyl sites for hydroxylation is 1. The average molecular weight is 241 g/mol. The van der Waals surface area contributed by atoms with Gasteiger partial charge in [0.25, 0.3) is 0 Å². The smallest absolute Gasteiger partial charge is 0.192 e. The lowest BCUT2D eigenvalue weighted by Crippen LogP contribution is -2.09. The molecule has 0 fully saturated rings. The molecule has 0 aliphatic rings. The van der Waals surface area contributed by atoms with Crippen molar-refractivity contribution in [1.82, 2.24) is 4.98 Å². The molecule has 0 saturated heterocycles. The molecule has 0 spiro atoms. The van der Waals surface area contributed by atoms with Crippen LogP contribution in [0.4, 0.5) is 0 Å². The van der Waals surface area contributed by atoms with E-state index >= 15 is 0 Å². The van der Waals surface area contributed by atoms with E-state index in [4.69, 9.17) is 9.52 Å². The van der Waals surface area contributed by atoms with Crippen LogP contribution in [-0.2, 0) is 9.84 Å². The monoisotopic (exact) mass is 241 g/mol. The maximum atomic E-state index is 11.7. The van der Waals surface area contributed by atoms with Crippen molar-refractivity contribution in [2.24, 2.45) is 0 Å². The summed E-state index contributed by atoms with van der Waals surface area (Å²) in [5, 5.41) is 8.67. The molecule has 5 nitrogen and oxygen atoms in total. The number of nitrogens with zero attached hydrogens (tertiary/aromatic N) is 1. The second-order valence-electron chi connectivity index (χ2n) is 3.40. The number of hydrogen-bond acceptors (Lipinski definition) is 5. The molecule has 1 N–H and O–H groups in total. The van der Waals surface area contributed by atoms with Gasteiger partial charge in [0.05, 0.1) is 17.3 Å². The zero-order valence-electron chi connectivity index (χ0n) is 8.67. The SMILES string of the molecule is Cc1nc2cc(S(=O)(=O)CCO)ccc2o1. The van der Waals surface area contributed by atoms with E-state index in [1.807, 2.05) is 0 Å². The second kappa shape index (κ2) is 3.88. The van der Waals surface area contributed by atoms with E-state index in [0.717, 1.165) is 0 Å². The van der Waals surface area contributed by atoms with E-state index in [-0.39, 0.29) is 10.6 Å². The largest absolute Gasteiger partial charge is 0.441 e. The molecule has 2 aromatic rings. The predicted molar refractivity (Wildman–Crippen MR) is 57.9 cm³/mol. The van der Waals surface area contributed by atoms with Gasteiger partial charge in [-0.1, -0.05) is 0 Å². The highest BCUT2D eigenvalue weighted by Gasteiger charge is 2.15. The van der Waals surface area contributed by atoms with Crippen molar-refractivity contribution in [1.29, 1.82) is 0 Å². The van der Waals surface area contributed by atoms with Gasteiger partial charge < -0.3 is 9.52 Å². The number of sulfone groups is 1. The third-order valence-corrected chi connectivity index (χ3v) is 3.88. The first-order chi connectivity index (χ1) is 7.53. The fourth-order valence-corrected chi connectivity index (χ4v) is 2.50. The van der Waals surface area contributed by atoms with Crippen LogP contribution in [0.2, 0.25) is 0 Å². The van der Waals surface area contributed by atoms with Crippen molar-refractivity contribution in [3.05, 3.63) is 24.1 Å². The minimum atomic E-state index is -3.42. The van der Waals surface area contributed by atoms with Gasteiger partial charge in [0, 0.05) is 6.92 Å². The molecule has 0 unspecified atom stereocenters. The standard InChI is InChI=1S/C10H11NO4S/c1-7-11-9-6-8(2-3-10(9)15-7)16(13,14)5-4-12/h2-3,6,12H,4-5H2,1H3. The Balaban J connectivity index is 2.54. The topological polar surface area (TPSA) is 80.4 Å². The molecular formula is C10H11NO4S. The summed E-state index contributed by atoms with van der Waals surface area (Å²) in [7, 11) is -3.42. The molecule has 1 aromatic carbocycles. The lowest BCUT2D eigenvalue weighted by Gasteiger charge is -2.01. The Hall–Kier alpha value is -1.40. The molecule has 0 saturated carbocycles. The maximum absolute atomic E-state index is 11.7. The van der Waals surface area contributed by atoms with Crippen LogP contribution < -0.4 is 0 Å². The molecule has 1 aromatic heterocycles. The van der Waals surface area contributed by atoms with Gasteiger partial charge in [-0.15, -0.1) is 0 Å². The van der Waals surface area contributed by atoms with Crippen molar-refractivity contribution >= 4 is 20.9 Å². The molecule has 16 heavy (non-hydrogen) atoms. The summed E-state index contributed by atoms with van der Waals surface area (Å²) in [5.41, 5.74) is 1.07. The van der Waals surface area contributed by atoms with Crippen LogP contribution in [0.1, 0.15) is 5.89 Å². The number of aromatic nitrogens is 1. The Bertz CT molecular complexity index is 615. The van der Waals surface area contributed by atoms with E-state index in [1.165, 1.54) is 12.1 Å². The van der Waals surface area contributed by atoms with Crippen molar-refractivity contribution in [2.75, 3.05) is 12.4 Å². The number of aliphatic hydroxyl groups is 1. The molecule has 0 aliphatic heterocycles. The van der Waals surface area contributed by atoms with E-state index < -0.39 is 16.4 Å². The number of rotatable bonds is 3. The van der Waals surface area contributed by atoms with Gasteiger partial charge in [0.15, 0.2) is 21.3 Å². The van der Waals surface area contributed by atoms with Crippen molar-refractivity contribution in [3.63, 3.8) is 0 Å². The lowest BCUT2D eigenvalue weighted by molar-refractivity contribution is 0.319. The average Bonchev–Trinajstić information content (AvgIpc) is 2.56. The summed E-state index contributed by atoms with van der Waals surface area (Å²) in [6, 6.07) is 4.48. The van der Waals surface area contributed by atoms with Gasteiger partial charge in [0.2, 0.25) is 0 Å². The summed E-state index contributed by atoms with van der Waals surface area (Å²) >= 11 is 0. The van der Waals surface area contributed by atoms with E-state index in [2.05, 4.69) is 4.98 Å². The summed E-state index contributed by atoms with van der Waals surface area (Å²) in [6.45, 7) is 1.31. The molecule has 86 valence electrons. The van der Waals surface area contributed by atoms with E-state index in [0.29, 0.717) is 17.0 Å². The molecule has 1 heterocycles. The van der Waals surface area contributed by atoms with Crippen LogP contribution in [0, 0.1) is 6.92 Å². The van der Waals surface area contributed by atoms with Crippen LogP contribution in [-0.4, -0.2) is 30.9 Å². The van der Waals surface area contributed by atoms with Crippen LogP contribution in [0.15, 0.2) is 27.5 Å². The zero-order valence-corrected chi connectivity index (χ0v) is 9.49. The van der Waals surface area contributed by atoms with Crippen molar-refractivity contribution in [3.8, 4) is 0 Å². The van der Waals surface area contributed by atoms with Crippen LogP contribution in [0.3, 0.4) is 0 Å². The number of hydrogen-bond donors (Lipinski definition) is 1. The highest BCUT2D eigenvalue weighted by molar-refractivity contribution is 7.91. The summed E-state index contributed by atoms with van der Waals surface area (Å²) in [4.78, 5) is 4.21. The van der Waals surface area contributed by atoms with Gasteiger partial charge in [-0.25, -0.2) is 13.4 Å². The van der Waals surface area contributed by atoms with Crippen LogP contribution in [0.5, 0.6) is 0 Å². The number of aliphatic hydroxyl groups excluding tert-OH is 1. The molecule has 2 rings (SSSR count). The quantitative estimate of drug-likeness (QED) is 0.863. The molecular weight excluding hydrogens is 230 g/mol. The third kappa shape index (κ3) is 1.94. The van der Waals surface area contributed by atoms with Gasteiger partial charge in [-0.3, -0.25) is 0 Å². The van der Waals surface area contributed by atoms with Gasteiger partial charge >= 0.3 is 0 Å².